The van der Waals surface area contributed by atoms with E-state index in [2.05, 4.69) is 15.5 Å². The minimum Gasteiger partial charge on any atom is -0.378 e. The van der Waals surface area contributed by atoms with Crippen molar-refractivity contribution in [3.63, 3.8) is 0 Å². The molecule has 1 N–H and O–H groups in total. The van der Waals surface area contributed by atoms with Crippen molar-refractivity contribution in [2.45, 2.75) is 0 Å². The van der Waals surface area contributed by atoms with Crippen molar-refractivity contribution in [1.29, 1.82) is 0 Å². The van der Waals surface area contributed by atoms with Crippen molar-refractivity contribution in [2.75, 3.05) is 19.0 Å². The zero-order valence-electron chi connectivity index (χ0n) is 14.8. The average molecular weight is 344 g/mol. The fraction of sp³-hybridized carbons (Fsp3) is 0.0952. The molecule has 3 rings (SSSR count). The van der Waals surface area contributed by atoms with E-state index in [-0.39, 0.29) is 5.91 Å². The molecule has 26 heavy (non-hydrogen) atoms. The Balaban J connectivity index is 1.85. The number of carbonyl (C=O) groups excluding carboxylic acids is 1. The van der Waals surface area contributed by atoms with Crippen molar-refractivity contribution in [3.05, 3.63) is 95.8 Å². The molecule has 0 spiro atoms. The lowest BCUT2D eigenvalue weighted by Crippen LogP contribution is -2.20. The molecule has 1 aromatic heterocycles. The number of carbonyl (C=O) groups is 1. The van der Waals surface area contributed by atoms with Crippen molar-refractivity contribution < 1.29 is 4.79 Å². The third-order valence-electron chi connectivity index (χ3n) is 3.92. The first-order valence-corrected chi connectivity index (χ1v) is 8.26. The van der Waals surface area contributed by atoms with Gasteiger partial charge in [-0.3, -0.25) is 9.78 Å². The fourth-order valence-electron chi connectivity index (χ4n) is 2.48. The Morgan fingerprint density at radius 1 is 0.846 bits per heavy atom. The summed E-state index contributed by atoms with van der Waals surface area (Å²) in [5, 5.41) is 4.38. The van der Waals surface area contributed by atoms with Crippen LogP contribution in [0.3, 0.4) is 0 Å². The molecule has 5 nitrogen and oxygen atoms in total. The lowest BCUT2D eigenvalue weighted by Gasteiger charge is -2.12. The van der Waals surface area contributed by atoms with Crippen molar-refractivity contribution in [3.8, 4) is 0 Å². The molecule has 0 radical (unpaired) electrons. The lowest BCUT2D eigenvalue weighted by molar-refractivity contribution is 0.0955. The van der Waals surface area contributed by atoms with E-state index in [4.69, 9.17) is 0 Å². The summed E-state index contributed by atoms with van der Waals surface area (Å²) in [6, 6.07) is 20.8. The summed E-state index contributed by atoms with van der Waals surface area (Å²) in [6.07, 6.45) is 3.41. The van der Waals surface area contributed by atoms with Gasteiger partial charge in [0.25, 0.3) is 5.91 Å². The fourth-order valence-corrected chi connectivity index (χ4v) is 2.48. The van der Waals surface area contributed by atoms with Crippen LogP contribution in [0.15, 0.2) is 84.2 Å². The van der Waals surface area contributed by atoms with E-state index in [1.807, 2.05) is 73.6 Å². The van der Waals surface area contributed by atoms with Crippen LogP contribution in [0.1, 0.15) is 21.5 Å². The molecule has 0 unspecified atom stereocenters. The van der Waals surface area contributed by atoms with Gasteiger partial charge in [-0.15, -0.1) is 0 Å². The monoisotopic (exact) mass is 344 g/mol. The molecule has 0 aliphatic carbocycles. The van der Waals surface area contributed by atoms with Crippen molar-refractivity contribution in [2.24, 2.45) is 5.10 Å². The Labute approximate surface area is 153 Å². The number of nitrogens with one attached hydrogen (secondary N) is 1. The van der Waals surface area contributed by atoms with Gasteiger partial charge in [0, 0.05) is 48.9 Å². The topological polar surface area (TPSA) is 57.6 Å². The molecule has 130 valence electrons. The number of nitrogens with zero attached hydrogens (tertiary/aromatic N) is 3. The highest BCUT2D eigenvalue weighted by Crippen LogP contribution is 2.13. The third kappa shape index (κ3) is 4.13. The smallest absolute Gasteiger partial charge is 0.271 e. The van der Waals surface area contributed by atoms with Gasteiger partial charge in [0.1, 0.15) is 0 Å². The molecule has 2 aromatic carbocycles. The number of hydrazone groups is 1. The number of amides is 1. The van der Waals surface area contributed by atoms with E-state index in [9.17, 15) is 4.79 Å². The summed E-state index contributed by atoms with van der Waals surface area (Å²) in [6.45, 7) is 0. The summed E-state index contributed by atoms with van der Waals surface area (Å²) in [7, 11) is 3.92. The van der Waals surface area contributed by atoms with Crippen LogP contribution in [-0.2, 0) is 0 Å². The molecule has 0 atom stereocenters. The highest BCUT2D eigenvalue weighted by molar-refractivity contribution is 6.13. The third-order valence-corrected chi connectivity index (χ3v) is 3.92. The standard InChI is InChI=1S/C21H20N4O/c1-25(2)19-10-8-18(9-11-19)21(26)24-23-20(16-6-4-3-5-7-16)17-12-14-22-15-13-17/h3-15H,1-2H3,(H,24,26)/b23-20-. The van der Waals surface area contributed by atoms with Crippen molar-refractivity contribution >= 4 is 17.3 Å². The first-order valence-electron chi connectivity index (χ1n) is 8.26. The van der Waals surface area contributed by atoms with Gasteiger partial charge < -0.3 is 4.90 Å². The zero-order valence-corrected chi connectivity index (χ0v) is 14.8. The number of aromatic nitrogens is 1. The van der Waals surface area contributed by atoms with Crippen LogP contribution in [0, 0.1) is 0 Å². The van der Waals surface area contributed by atoms with Crippen LogP contribution in [-0.4, -0.2) is 30.7 Å². The number of hydrogen-bond acceptors (Lipinski definition) is 4. The molecular weight excluding hydrogens is 324 g/mol. The maximum atomic E-state index is 12.4. The van der Waals surface area contributed by atoms with Crippen LogP contribution in [0.4, 0.5) is 5.69 Å². The second kappa shape index (κ2) is 8.07. The van der Waals surface area contributed by atoms with Gasteiger partial charge in [0.05, 0.1) is 5.71 Å². The maximum absolute atomic E-state index is 12.4. The first kappa shape index (κ1) is 17.4. The minimum absolute atomic E-state index is 0.252. The van der Waals surface area contributed by atoms with Crippen LogP contribution < -0.4 is 10.3 Å². The second-order valence-electron chi connectivity index (χ2n) is 5.94. The van der Waals surface area contributed by atoms with E-state index >= 15 is 0 Å². The summed E-state index contributed by atoms with van der Waals surface area (Å²) >= 11 is 0. The Bertz CT molecular complexity index is 847. The Kier molecular flexibility index (Phi) is 5.39. The highest BCUT2D eigenvalue weighted by atomic mass is 16.2. The molecule has 1 heterocycles. The number of pyridine rings is 1. The molecule has 0 saturated heterocycles. The molecule has 0 bridgehead atoms. The van der Waals surface area contributed by atoms with Crippen LogP contribution in [0.2, 0.25) is 0 Å². The molecule has 0 saturated carbocycles. The molecule has 5 heteroatoms. The van der Waals surface area contributed by atoms with Crippen LogP contribution in [0.25, 0.3) is 0 Å². The van der Waals surface area contributed by atoms with E-state index in [1.165, 1.54) is 0 Å². The number of hydrogen-bond donors (Lipinski definition) is 1. The van der Waals surface area contributed by atoms with Crippen LogP contribution >= 0.6 is 0 Å². The summed E-state index contributed by atoms with van der Waals surface area (Å²) in [5.74, 6) is -0.252. The molecule has 3 aromatic rings. The molecule has 0 aliphatic heterocycles. The van der Waals surface area contributed by atoms with Gasteiger partial charge in [0.15, 0.2) is 0 Å². The Morgan fingerprint density at radius 2 is 1.46 bits per heavy atom. The molecule has 1 amide bonds. The second-order valence-corrected chi connectivity index (χ2v) is 5.94. The Hall–Kier alpha value is -3.47. The highest BCUT2D eigenvalue weighted by Gasteiger charge is 2.09. The predicted molar refractivity (Wildman–Crippen MR) is 105 cm³/mol. The number of benzene rings is 2. The minimum atomic E-state index is -0.252. The van der Waals surface area contributed by atoms with Gasteiger partial charge in [-0.25, -0.2) is 5.43 Å². The maximum Gasteiger partial charge on any atom is 0.271 e. The quantitative estimate of drug-likeness (QED) is 0.570. The largest absolute Gasteiger partial charge is 0.378 e. The Morgan fingerprint density at radius 3 is 2.08 bits per heavy atom. The number of rotatable bonds is 5. The summed E-state index contributed by atoms with van der Waals surface area (Å²) in [5.41, 5.74) is 6.74. The van der Waals surface area contributed by atoms with Crippen molar-refractivity contribution in [1.82, 2.24) is 10.4 Å². The molecular formula is C21H20N4O. The van der Waals surface area contributed by atoms with E-state index in [0.29, 0.717) is 11.3 Å². The normalized spacial score (nSPS) is 11.1. The van der Waals surface area contributed by atoms with Gasteiger partial charge in [0.2, 0.25) is 0 Å². The summed E-state index contributed by atoms with van der Waals surface area (Å²) in [4.78, 5) is 18.5. The predicted octanol–water partition coefficient (Wildman–Crippen LogP) is 3.33. The zero-order chi connectivity index (χ0) is 18.4. The summed E-state index contributed by atoms with van der Waals surface area (Å²) < 4.78 is 0. The SMILES string of the molecule is CN(C)c1ccc(C(=O)N/N=C(/c2ccccc2)c2ccncc2)cc1. The van der Waals surface area contributed by atoms with E-state index in [0.717, 1.165) is 16.8 Å². The molecule has 0 aliphatic rings. The van der Waals surface area contributed by atoms with Gasteiger partial charge in [-0.2, -0.15) is 5.10 Å². The van der Waals surface area contributed by atoms with E-state index < -0.39 is 0 Å². The molecule has 0 fully saturated rings. The van der Waals surface area contributed by atoms with Gasteiger partial charge >= 0.3 is 0 Å². The number of anilines is 1. The van der Waals surface area contributed by atoms with Gasteiger partial charge in [-0.05, 0) is 36.4 Å². The average Bonchev–Trinajstić information content (AvgIpc) is 2.69. The van der Waals surface area contributed by atoms with Gasteiger partial charge in [-0.1, -0.05) is 30.3 Å². The van der Waals surface area contributed by atoms with Crippen LogP contribution in [0.5, 0.6) is 0 Å². The lowest BCUT2D eigenvalue weighted by atomic mass is 10.0. The van der Waals surface area contributed by atoms with E-state index in [1.54, 1.807) is 24.5 Å². The first-order chi connectivity index (χ1) is 12.6.